The van der Waals surface area contributed by atoms with E-state index in [-0.39, 0.29) is 5.91 Å². The topological polar surface area (TPSA) is 62.1 Å². The van der Waals surface area contributed by atoms with Gasteiger partial charge in [0.2, 0.25) is 0 Å². The van der Waals surface area contributed by atoms with Crippen LogP contribution in [-0.2, 0) is 4.84 Å². The van der Waals surface area contributed by atoms with Gasteiger partial charge in [-0.05, 0) is 38.5 Å². The molecule has 20 heavy (non-hydrogen) atoms. The van der Waals surface area contributed by atoms with Gasteiger partial charge in [-0.25, -0.2) is 0 Å². The fraction of sp³-hybridized carbons (Fsp3) is 0.467. The van der Waals surface area contributed by atoms with E-state index in [9.17, 15) is 9.90 Å². The second kappa shape index (κ2) is 7.05. The summed E-state index contributed by atoms with van der Waals surface area (Å²) in [6, 6.07) is 7.08. The number of amides is 1. The Morgan fingerprint density at radius 1 is 1.40 bits per heavy atom. The summed E-state index contributed by atoms with van der Waals surface area (Å²) in [7, 11) is 1.48. The van der Waals surface area contributed by atoms with Gasteiger partial charge in [0, 0.05) is 18.7 Å². The average Bonchev–Trinajstić information content (AvgIpc) is 2.41. The molecule has 0 heterocycles. The monoisotopic (exact) mass is 278 g/mol. The van der Waals surface area contributed by atoms with Gasteiger partial charge in [0.05, 0.1) is 11.8 Å². The van der Waals surface area contributed by atoms with E-state index < -0.39 is 5.60 Å². The van der Waals surface area contributed by atoms with Gasteiger partial charge in [-0.3, -0.25) is 4.79 Å². The van der Waals surface area contributed by atoms with E-state index in [1.165, 1.54) is 7.11 Å². The highest BCUT2D eigenvalue weighted by molar-refractivity contribution is 5.95. The van der Waals surface area contributed by atoms with E-state index in [0.29, 0.717) is 18.7 Å². The van der Waals surface area contributed by atoms with Crippen LogP contribution in [0.3, 0.4) is 0 Å². The smallest absolute Gasteiger partial charge is 0.253 e. The zero-order valence-corrected chi connectivity index (χ0v) is 12.5. The van der Waals surface area contributed by atoms with Crippen LogP contribution in [0.4, 0.5) is 0 Å². The van der Waals surface area contributed by atoms with Gasteiger partial charge < -0.3 is 14.8 Å². The van der Waals surface area contributed by atoms with Crippen LogP contribution in [0, 0.1) is 0 Å². The molecule has 5 nitrogen and oxygen atoms in total. The van der Waals surface area contributed by atoms with Crippen molar-refractivity contribution in [3.05, 3.63) is 35.4 Å². The number of aliphatic hydroxyl groups is 1. The number of carbonyl (C=O) groups excluding carboxylic acids is 1. The molecule has 0 saturated carbocycles. The van der Waals surface area contributed by atoms with Crippen LogP contribution >= 0.6 is 0 Å². The van der Waals surface area contributed by atoms with Crippen LogP contribution in [0.15, 0.2) is 29.4 Å². The Kier molecular flexibility index (Phi) is 5.70. The Labute approximate surface area is 119 Å². The molecule has 5 heteroatoms. The number of likely N-dealkylation sites (N-methyl/N-ethyl adjacent to an activating group) is 1. The molecular formula is C15H22N2O3. The summed E-state index contributed by atoms with van der Waals surface area (Å²) in [5, 5.41) is 13.5. The number of rotatable bonds is 6. The molecule has 110 valence electrons. The lowest BCUT2D eigenvalue weighted by Gasteiger charge is -2.28. The molecule has 0 fully saturated rings. The SMILES string of the molecule is CCN(CC(C)(C)O)C(=O)c1ccc(C=NOC)cc1. The minimum Gasteiger partial charge on any atom is -0.399 e. The molecule has 0 unspecified atom stereocenters. The van der Waals surface area contributed by atoms with Gasteiger partial charge in [-0.1, -0.05) is 17.3 Å². The van der Waals surface area contributed by atoms with Crippen molar-refractivity contribution < 1.29 is 14.7 Å². The number of carbonyl (C=O) groups is 1. The molecule has 1 aromatic rings. The van der Waals surface area contributed by atoms with E-state index in [1.807, 2.05) is 6.92 Å². The van der Waals surface area contributed by atoms with Crippen molar-refractivity contribution in [2.45, 2.75) is 26.4 Å². The first kappa shape index (κ1) is 16.2. The van der Waals surface area contributed by atoms with Gasteiger partial charge in [-0.2, -0.15) is 0 Å². The highest BCUT2D eigenvalue weighted by Gasteiger charge is 2.22. The maximum absolute atomic E-state index is 12.3. The summed E-state index contributed by atoms with van der Waals surface area (Å²) in [5.41, 5.74) is 0.538. The molecule has 0 aliphatic heterocycles. The van der Waals surface area contributed by atoms with Crippen LogP contribution in [0.5, 0.6) is 0 Å². The quantitative estimate of drug-likeness (QED) is 0.638. The number of hydrogen-bond donors (Lipinski definition) is 1. The summed E-state index contributed by atoms with van der Waals surface area (Å²) in [6.45, 7) is 6.12. The Balaban J connectivity index is 2.82. The molecular weight excluding hydrogens is 256 g/mol. The van der Waals surface area contributed by atoms with Crippen molar-refractivity contribution in [2.24, 2.45) is 5.16 Å². The summed E-state index contributed by atoms with van der Waals surface area (Å²) in [5.74, 6) is -0.0927. The summed E-state index contributed by atoms with van der Waals surface area (Å²) in [6.07, 6.45) is 1.57. The number of benzene rings is 1. The first-order valence-electron chi connectivity index (χ1n) is 6.55. The fourth-order valence-electron chi connectivity index (χ4n) is 1.80. The predicted octanol–water partition coefficient (Wildman–Crippen LogP) is 1.90. The lowest BCUT2D eigenvalue weighted by atomic mass is 10.1. The third-order valence-electron chi connectivity index (χ3n) is 2.71. The highest BCUT2D eigenvalue weighted by Crippen LogP contribution is 2.11. The molecule has 0 spiro atoms. The Bertz CT molecular complexity index is 461. The first-order valence-corrected chi connectivity index (χ1v) is 6.55. The molecule has 0 bridgehead atoms. The van der Waals surface area contributed by atoms with Gasteiger partial charge in [0.25, 0.3) is 5.91 Å². The highest BCUT2D eigenvalue weighted by atomic mass is 16.6. The molecule has 1 aromatic carbocycles. The standard InChI is InChI=1S/C15H22N2O3/c1-5-17(11-15(2,3)19)14(18)13-8-6-12(7-9-13)10-16-20-4/h6-10,19H,5,11H2,1-4H3. The molecule has 0 aromatic heterocycles. The largest absolute Gasteiger partial charge is 0.399 e. The van der Waals surface area contributed by atoms with Gasteiger partial charge in [0.1, 0.15) is 7.11 Å². The lowest BCUT2D eigenvalue weighted by Crippen LogP contribution is -2.42. The van der Waals surface area contributed by atoms with Crippen molar-refractivity contribution >= 4 is 12.1 Å². The second-order valence-corrected chi connectivity index (χ2v) is 5.17. The summed E-state index contributed by atoms with van der Waals surface area (Å²) in [4.78, 5) is 18.6. The average molecular weight is 278 g/mol. The summed E-state index contributed by atoms with van der Waals surface area (Å²) < 4.78 is 0. The predicted molar refractivity (Wildman–Crippen MR) is 78.9 cm³/mol. The zero-order valence-electron chi connectivity index (χ0n) is 12.5. The number of hydrogen-bond acceptors (Lipinski definition) is 4. The van der Waals surface area contributed by atoms with Crippen LogP contribution in [-0.4, -0.2) is 47.9 Å². The van der Waals surface area contributed by atoms with E-state index in [0.717, 1.165) is 5.56 Å². The maximum Gasteiger partial charge on any atom is 0.253 e. The molecule has 0 radical (unpaired) electrons. The first-order chi connectivity index (χ1) is 9.37. The van der Waals surface area contributed by atoms with Crippen LogP contribution in [0.1, 0.15) is 36.7 Å². The molecule has 0 aliphatic rings. The van der Waals surface area contributed by atoms with Crippen LogP contribution in [0.2, 0.25) is 0 Å². The van der Waals surface area contributed by atoms with Crippen LogP contribution < -0.4 is 0 Å². The van der Waals surface area contributed by atoms with Crippen molar-refractivity contribution in [1.29, 1.82) is 0 Å². The van der Waals surface area contributed by atoms with Gasteiger partial charge in [-0.15, -0.1) is 0 Å². The van der Waals surface area contributed by atoms with Crippen molar-refractivity contribution in [3.63, 3.8) is 0 Å². The maximum atomic E-state index is 12.3. The van der Waals surface area contributed by atoms with E-state index >= 15 is 0 Å². The van der Waals surface area contributed by atoms with E-state index in [1.54, 1.807) is 49.2 Å². The second-order valence-electron chi connectivity index (χ2n) is 5.17. The molecule has 0 atom stereocenters. The summed E-state index contributed by atoms with van der Waals surface area (Å²) >= 11 is 0. The van der Waals surface area contributed by atoms with E-state index in [2.05, 4.69) is 9.99 Å². The Hall–Kier alpha value is -1.88. The van der Waals surface area contributed by atoms with Crippen molar-refractivity contribution in [1.82, 2.24) is 4.90 Å². The molecule has 1 N–H and O–H groups in total. The third kappa shape index (κ3) is 5.01. The molecule has 0 saturated heterocycles. The molecule has 0 aliphatic carbocycles. The lowest BCUT2D eigenvalue weighted by molar-refractivity contribution is 0.0314. The normalized spacial score (nSPS) is 11.7. The number of nitrogens with zero attached hydrogens (tertiary/aromatic N) is 2. The van der Waals surface area contributed by atoms with Gasteiger partial charge in [0.15, 0.2) is 0 Å². The Morgan fingerprint density at radius 3 is 2.45 bits per heavy atom. The zero-order chi connectivity index (χ0) is 15.2. The minimum absolute atomic E-state index is 0.0927. The van der Waals surface area contributed by atoms with Crippen LogP contribution in [0.25, 0.3) is 0 Å². The third-order valence-corrected chi connectivity index (χ3v) is 2.71. The minimum atomic E-state index is -0.906. The fourth-order valence-corrected chi connectivity index (χ4v) is 1.80. The number of oxime groups is 1. The van der Waals surface area contributed by atoms with E-state index in [4.69, 9.17) is 0 Å². The Morgan fingerprint density at radius 2 is 2.00 bits per heavy atom. The molecule has 1 rings (SSSR count). The van der Waals surface area contributed by atoms with Crippen molar-refractivity contribution in [2.75, 3.05) is 20.2 Å². The molecule has 1 amide bonds. The van der Waals surface area contributed by atoms with Crippen molar-refractivity contribution in [3.8, 4) is 0 Å². The van der Waals surface area contributed by atoms with Gasteiger partial charge >= 0.3 is 0 Å².